The maximum absolute atomic E-state index is 5.22. The second-order valence-corrected chi connectivity index (χ2v) is 8.06. The van der Waals surface area contributed by atoms with Gasteiger partial charge in [-0.15, -0.1) is 21.5 Å². The second-order valence-electron chi connectivity index (χ2n) is 6.06. The summed E-state index contributed by atoms with van der Waals surface area (Å²) in [6.07, 6.45) is 3.61. The normalized spacial score (nSPS) is 10.8. The smallest absolute Gasteiger partial charge is 0.124 e. The van der Waals surface area contributed by atoms with Gasteiger partial charge in [0.25, 0.3) is 0 Å². The molecule has 0 spiro atoms. The van der Waals surface area contributed by atoms with Gasteiger partial charge >= 0.3 is 0 Å². The topological polar surface area (TPSA) is 60.8 Å². The van der Waals surface area contributed by atoms with Crippen molar-refractivity contribution in [3.63, 3.8) is 0 Å². The lowest BCUT2D eigenvalue weighted by Gasteiger charge is -2.02. The van der Waals surface area contributed by atoms with Crippen molar-refractivity contribution in [1.82, 2.24) is 20.2 Å². The van der Waals surface area contributed by atoms with E-state index in [1.807, 2.05) is 55.5 Å². The van der Waals surface area contributed by atoms with Crippen LogP contribution < -0.4 is 4.74 Å². The summed E-state index contributed by atoms with van der Waals surface area (Å²) in [6, 6.07) is 16.0. The molecule has 3 heterocycles. The molecule has 0 N–H and O–H groups in total. The molecule has 0 amide bonds. The Morgan fingerprint density at radius 1 is 0.964 bits per heavy atom. The Kier molecular flexibility index (Phi) is 5.64. The molecule has 0 radical (unpaired) electrons. The average molecular weight is 407 g/mol. The summed E-state index contributed by atoms with van der Waals surface area (Å²) in [5, 5.41) is 10.7. The molecule has 1 aromatic carbocycles. The molecule has 28 heavy (non-hydrogen) atoms. The Hall–Kier alpha value is -2.77. The van der Waals surface area contributed by atoms with Crippen LogP contribution in [0.15, 0.2) is 66.0 Å². The van der Waals surface area contributed by atoms with Gasteiger partial charge in [-0.1, -0.05) is 11.8 Å². The Bertz CT molecular complexity index is 1050. The molecule has 0 fully saturated rings. The van der Waals surface area contributed by atoms with E-state index in [1.165, 1.54) is 5.56 Å². The number of hydrogen-bond donors (Lipinski definition) is 0. The van der Waals surface area contributed by atoms with E-state index in [2.05, 4.69) is 15.2 Å². The van der Waals surface area contributed by atoms with Gasteiger partial charge in [-0.2, -0.15) is 0 Å². The fourth-order valence-corrected chi connectivity index (χ4v) is 4.45. The van der Waals surface area contributed by atoms with Gasteiger partial charge in [0, 0.05) is 23.7 Å². The Morgan fingerprint density at radius 2 is 1.75 bits per heavy atom. The summed E-state index contributed by atoms with van der Waals surface area (Å²) in [5.41, 5.74) is 4.09. The van der Waals surface area contributed by atoms with E-state index in [-0.39, 0.29) is 0 Å². The van der Waals surface area contributed by atoms with E-state index in [1.54, 1.807) is 42.6 Å². The third-order valence-electron chi connectivity index (χ3n) is 4.14. The molecule has 0 atom stereocenters. The first kappa shape index (κ1) is 18.6. The number of thioether (sulfide) groups is 1. The van der Waals surface area contributed by atoms with E-state index < -0.39 is 0 Å². The molecular weight excluding hydrogens is 388 g/mol. The number of aromatic nitrogens is 4. The van der Waals surface area contributed by atoms with Crippen LogP contribution in [0.4, 0.5) is 0 Å². The highest BCUT2D eigenvalue weighted by Gasteiger charge is 2.13. The van der Waals surface area contributed by atoms with Gasteiger partial charge in [0.1, 0.15) is 21.5 Å². The molecular formula is C21H18N4OS2. The molecule has 4 rings (SSSR count). The van der Waals surface area contributed by atoms with Crippen LogP contribution in [0.5, 0.6) is 5.75 Å². The van der Waals surface area contributed by atoms with E-state index in [4.69, 9.17) is 9.72 Å². The number of methoxy groups -OCH3 is 1. The molecule has 0 aliphatic carbocycles. The Labute approximate surface area is 171 Å². The van der Waals surface area contributed by atoms with Crippen molar-refractivity contribution in [2.24, 2.45) is 0 Å². The zero-order valence-corrected chi connectivity index (χ0v) is 17.1. The van der Waals surface area contributed by atoms with Gasteiger partial charge in [-0.3, -0.25) is 4.98 Å². The van der Waals surface area contributed by atoms with Crippen LogP contribution in [-0.4, -0.2) is 27.3 Å². The fraction of sp³-hybridized carbons (Fsp3) is 0.143. The van der Waals surface area contributed by atoms with E-state index in [0.29, 0.717) is 0 Å². The molecule has 0 saturated carbocycles. The van der Waals surface area contributed by atoms with Crippen LogP contribution in [0.3, 0.4) is 0 Å². The highest BCUT2D eigenvalue weighted by Crippen LogP contribution is 2.35. The number of hydrogen-bond acceptors (Lipinski definition) is 7. The van der Waals surface area contributed by atoms with Crippen LogP contribution in [0.2, 0.25) is 0 Å². The van der Waals surface area contributed by atoms with Crippen molar-refractivity contribution in [3.05, 3.63) is 72.2 Å². The molecule has 0 bridgehead atoms. The molecule has 5 nitrogen and oxygen atoms in total. The van der Waals surface area contributed by atoms with Crippen molar-refractivity contribution in [3.8, 4) is 26.9 Å². The van der Waals surface area contributed by atoms with Crippen LogP contribution in [-0.2, 0) is 5.75 Å². The summed E-state index contributed by atoms with van der Waals surface area (Å²) in [7, 11) is 1.67. The van der Waals surface area contributed by atoms with Crippen molar-refractivity contribution in [1.29, 1.82) is 0 Å². The highest BCUT2D eigenvalue weighted by molar-refractivity contribution is 7.98. The maximum atomic E-state index is 5.22. The average Bonchev–Trinajstić information content (AvgIpc) is 3.15. The van der Waals surface area contributed by atoms with E-state index in [9.17, 15) is 0 Å². The van der Waals surface area contributed by atoms with Crippen molar-refractivity contribution in [2.75, 3.05) is 7.11 Å². The highest BCUT2D eigenvalue weighted by atomic mass is 32.2. The number of nitrogens with zero attached hydrogens (tertiary/aromatic N) is 4. The van der Waals surface area contributed by atoms with Crippen LogP contribution in [0, 0.1) is 6.92 Å². The lowest BCUT2D eigenvalue weighted by Crippen LogP contribution is -1.90. The van der Waals surface area contributed by atoms with Crippen LogP contribution >= 0.6 is 23.1 Å². The lowest BCUT2D eigenvalue weighted by atomic mass is 10.2. The summed E-state index contributed by atoms with van der Waals surface area (Å²) in [4.78, 5) is 9.79. The zero-order chi connectivity index (χ0) is 19.3. The SMILES string of the molecule is COc1ccc(-c2nc(C)c(-c3ccc(SCc4ccncc4)nn3)s2)cc1. The van der Waals surface area contributed by atoms with Gasteiger partial charge in [0.2, 0.25) is 0 Å². The number of ether oxygens (including phenoxy) is 1. The van der Waals surface area contributed by atoms with Gasteiger partial charge in [-0.05, 0) is 61.0 Å². The monoisotopic (exact) mass is 406 g/mol. The molecule has 4 aromatic rings. The van der Waals surface area contributed by atoms with Gasteiger partial charge in [0.15, 0.2) is 0 Å². The number of benzene rings is 1. The standard InChI is InChI=1S/C21H18N4OS2/c1-14-20(28-21(23-14)16-3-5-17(26-2)6-4-16)18-7-8-19(25-24-18)27-13-15-9-11-22-12-10-15/h3-12H,13H2,1-2H3. The van der Waals surface area contributed by atoms with Crippen molar-refractivity contribution in [2.45, 2.75) is 17.7 Å². The summed E-state index contributed by atoms with van der Waals surface area (Å²) >= 11 is 3.29. The summed E-state index contributed by atoms with van der Waals surface area (Å²) < 4.78 is 5.22. The maximum Gasteiger partial charge on any atom is 0.124 e. The van der Waals surface area contributed by atoms with Crippen molar-refractivity contribution < 1.29 is 4.74 Å². The third kappa shape index (κ3) is 4.21. The van der Waals surface area contributed by atoms with Gasteiger partial charge in [-0.25, -0.2) is 4.98 Å². The Morgan fingerprint density at radius 3 is 2.43 bits per heavy atom. The molecule has 0 aliphatic heterocycles. The molecule has 0 unspecified atom stereocenters. The lowest BCUT2D eigenvalue weighted by molar-refractivity contribution is 0.415. The van der Waals surface area contributed by atoms with Crippen LogP contribution in [0.25, 0.3) is 21.1 Å². The van der Waals surface area contributed by atoms with Gasteiger partial charge in [0.05, 0.1) is 17.7 Å². The predicted molar refractivity (Wildman–Crippen MR) is 114 cm³/mol. The number of thiazole rings is 1. The van der Waals surface area contributed by atoms with E-state index in [0.717, 1.165) is 43.4 Å². The third-order valence-corrected chi connectivity index (χ3v) is 6.36. The first-order valence-electron chi connectivity index (χ1n) is 8.70. The molecule has 0 aliphatic rings. The van der Waals surface area contributed by atoms with E-state index >= 15 is 0 Å². The quantitative estimate of drug-likeness (QED) is 0.407. The predicted octanol–water partition coefficient (Wildman–Crippen LogP) is 5.27. The largest absolute Gasteiger partial charge is 0.497 e. The van der Waals surface area contributed by atoms with Gasteiger partial charge < -0.3 is 4.74 Å². The molecule has 0 saturated heterocycles. The number of pyridine rings is 1. The summed E-state index contributed by atoms with van der Waals surface area (Å²) in [6.45, 7) is 2.01. The molecule has 7 heteroatoms. The first-order chi connectivity index (χ1) is 13.7. The zero-order valence-electron chi connectivity index (χ0n) is 15.5. The first-order valence-corrected chi connectivity index (χ1v) is 10.5. The minimum absolute atomic E-state index is 0.836. The Balaban J connectivity index is 1.50. The summed E-state index contributed by atoms with van der Waals surface area (Å²) in [5.74, 6) is 1.68. The second kappa shape index (κ2) is 8.50. The fourth-order valence-electron chi connectivity index (χ4n) is 2.65. The minimum atomic E-state index is 0.836. The molecule has 3 aromatic heterocycles. The minimum Gasteiger partial charge on any atom is -0.497 e. The number of aryl methyl sites for hydroxylation is 1. The van der Waals surface area contributed by atoms with Crippen LogP contribution in [0.1, 0.15) is 11.3 Å². The van der Waals surface area contributed by atoms with Crippen molar-refractivity contribution >= 4 is 23.1 Å². The molecule has 140 valence electrons. The number of rotatable bonds is 6.